The molecule has 7 nitrogen and oxygen atoms in total. The Morgan fingerprint density at radius 2 is 2.00 bits per heavy atom. The summed E-state index contributed by atoms with van der Waals surface area (Å²) in [6.45, 7) is 6.09. The fraction of sp³-hybridized carbons (Fsp3) is 0.560. The predicted octanol–water partition coefficient (Wildman–Crippen LogP) is -0.532. The van der Waals surface area contributed by atoms with Gasteiger partial charge >= 0.3 is 35.5 Å². The van der Waals surface area contributed by atoms with Crippen molar-refractivity contribution in [3.63, 3.8) is 0 Å². The van der Waals surface area contributed by atoms with Crippen LogP contribution in [-0.4, -0.2) is 54.2 Å². The number of carboxylic acid groups (broad SMARTS) is 1. The van der Waals surface area contributed by atoms with Gasteiger partial charge in [0.1, 0.15) is 0 Å². The van der Waals surface area contributed by atoms with Crippen LogP contribution >= 0.6 is 0 Å². The van der Waals surface area contributed by atoms with Crippen LogP contribution in [0.2, 0.25) is 0 Å². The zero-order valence-electron chi connectivity index (χ0n) is 20.6. The van der Waals surface area contributed by atoms with E-state index in [1.807, 2.05) is 13.0 Å². The van der Waals surface area contributed by atoms with E-state index in [0.717, 1.165) is 31.3 Å². The molecule has 1 heterocycles. The molecule has 0 aromatic rings. The molecule has 0 saturated carbocycles. The second-order valence-electron chi connectivity index (χ2n) is 8.39. The van der Waals surface area contributed by atoms with Crippen LogP contribution in [0.4, 0.5) is 0 Å². The number of carboxylic acids is 1. The first-order valence-electron chi connectivity index (χ1n) is 11.1. The number of amides is 1. The van der Waals surface area contributed by atoms with Crippen LogP contribution in [0, 0.1) is 5.92 Å². The Balaban J connectivity index is 0.0000102. The van der Waals surface area contributed by atoms with Gasteiger partial charge in [0.25, 0.3) is 0 Å². The SMILES string of the molecule is COC(=O)C(O)C/C(C)=C\CC[C@H](C)/C=C/C=C(\C)CCCC1=CCN(CC(=O)[O-])C1=O.[Na+]. The first-order valence-corrected chi connectivity index (χ1v) is 11.1. The van der Waals surface area contributed by atoms with Crippen molar-refractivity contribution in [2.45, 2.75) is 65.4 Å². The van der Waals surface area contributed by atoms with Crippen molar-refractivity contribution < 1.29 is 58.9 Å². The zero-order valence-corrected chi connectivity index (χ0v) is 22.6. The van der Waals surface area contributed by atoms with Crippen molar-refractivity contribution in [2.75, 3.05) is 20.2 Å². The number of carbonyl (C=O) groups excluding carboxylic acids is 3. The van der Waals surface area contributed by atoms with Gasteiger partial charge in [0.05, 0.1) is 19.6 Å². The van der Waals surface area contributed by atoms with E-state index < -0.39 is 18.0 Å². The molecule has 1 aliphatic rings. The number of nitrogens with zero attached hydrogens (tertiary/aromatic N) is 1. The third-order valence-electron chi connectivity index (χ3n) is 5.38. The summed E-state index contributed by atoms with van der Waals surface area (Å²) in [5.41, 5.74) is 2.87. The Labute approximate surface area is 219 Å². The number of methoxy groups -OCH3 is 1. The van der Waals surface area contributed by atoms with E-state index in [9.17, 15) is 24.6 Å². The maximum Gasteiger partial charge on any atom is 1.00 e. The molecule has 0 radical (unpaired) electrons. The second-order valence-corrected chi connectivity index (χ2v) is 8.39. The first kappa shape index (κ1) is 31.3. The van der Waals surface area contributed by atoms with Crippen molar-refractivity contribution in [1.29, 1.82) is 0 Å². The molecular weight excluding hydrogens is 433 g/mol. The maximum atomic E-state index is 12.1. The Kier molecular flexibility index (Phi) is 16.0. The van der Waals surface area contributed by atoms with Gasteiger partial charge in [-0.25, -0.2) is 4.79 Å². The smallest absolute Gasteiger partial charge is 0.548 e. The largest absolute Gasteiger partial charge is 1.00 e. The zero-order chi connectivity index (χ0) is 24.1. The number of aliphatic hydroxyl groups excluding tert-OH is 1. The van der Waals surface area contributed by atoms with Crippen molar-refractivity contribution in [3.05, 3.63) is 47.1 Å². The molecule has 0 spiro atoms. The fourth-order valence-corrected chi connectivity index (χ4v) is 3.44. The van der Waals surface area contributed by atoms with Crippen LogP contribution < -0.4 is 34.7 Å². The van der Waals surface area contributed by atoms with Gasteiger partial charge in [-0.3, -0.25) is 4.79 Å². The van der Waals surface area contributed by atoms with E-state index >= 15 is 0 Å². The van der Waals surface area contributed by atoms with Crippen molar-refractivity contribution in [3.8, 4) is 0 Å². The van der Waals surface area contributed by atoms with Crippen molar-refractivity contribution >= 4 is 17.8 Å². The van der Waals surface area contributed by atoms with Gasteiger partial charge in [-0.2, -0.15) is 0 Å². The molecule has 2 atom stereocenters. The minimum atomic E-state index is -1.24. The molecule has 1 unspecified atom stereocenters. The minimum absolute atomic E-state index is 0. The van der Waals surface area contributed by atoms with Crippen molar-refractivity contribution in [2.24, 2.45) is 5.92 Å². The summed E-state index contributed by atoms with van der Waals surface area (Å²) >= 11 is 0. The fourth-order valence-electron chi connectivity index (χ4n) is 3.44. The Morgan fingerprint density at radius 1 is 1.30 bits per heavy atom. The van der Waals surface area contributed by atoms with E-state index in [1.165, 1.54) is 17.6 Å². The second kappa shape index (κ2) is 16.9. The molecule has 0 aromatic heterocycles. The average molecular weight is 470 g/mol. The number of aliphatic carboxylic acids is 1. The summed E-state index contributed by atoms with van der Waals surface area (Å²) in [7, 11) is 1.26. The predicted molar refractivity (Wildman–Crippen MR) is 121 cm³/mol. The van der Waals surface area contributed by atoms with Crippen LogP contribution in [0.15, 0.2) is 47.1 Å². The van der Waals surface area contributed by atoms with Crippen LogP contribution in [0.5, 0.6) is 0 Å². The van der Waals surface area contributed by atoms with Crippen LogP contribution in [0.3, 0.4) is 0 Å². The molecule has 178 valence electrons. The number of esters is 1. The van der Waals surface area contributed by atoms with E-state index in [4.69, 9.17) is 0 Å². The van der Waals surface area contributed by atoms with Gasteiger partial charge in [-0.1, -0.05) is 48.5 Å². The van der Waals surface area contributed by atoms with Gasteiger partial charge in [-0.15, -0.1) is 0 Å². The third kappa shape index (κ3) is 13.0. The summed E-state index contributed by atoms with van der Waals surface area (Å²) in [5.74, 6) is -1.66. The minimum Gasteiger partial charge on any atom is -0.548 e. The molecule has 0 saturated heterocycles. The van der Waals surface area contributed by atoms with Gasteiger partial charge in [-0.05, 0) is 51.9 Å². The molecule has 1 rings (SSSR count). The van der Waals surface area contributed by atoms with Gasteiger partial charge in [0.15, 0.2) is 6.10 Å². The van der Waals surface area contributed by atoms with E-state index in [1.54, 1.807) is 6.08 Å². The molecule has 8 heteroatoms. The van der Waals surface area contributed by atoms with Gasteiger partial charge in [0, 0.05) is 18.5 Å². The molecule has 1 amide bonds. The summed E-state index contributed by atoms with van der Waals surface area (Å²) in [6.07, 6.45) is 13.5. The number of allylic oxidation sites excluding steroid dienone is 5. The Bertz CT molecular complexity index is 784. The topological polar surface area (TPSA) is 107 Å². The van der Waals surface area contributed by atoms with Crippen LogP contribution in [0.1, 0.15) is 59.3 Å². The number of carbonyl (C=O) groups is 3. The monoisotopic (exact) mass is 469 g/mol. The van der Waals surface area contributed by atoms with Gasteiger partial charge in [0.2, 0.25) is 5.91 Å². The first-order chi connectivity index (χ1) is 15.1. The molecule has 33 heavy (non-hydrogen) atoms. The Morgan fingerprint density at radius 3 is 2.64 bits per heavy atom. The number of hydrogen-bond donors (Lipinski definition) is 1. The summed E-state index contributed by atoms with van der Waals surface area (Å²) < 4.78 is 4.52. The summed E-state index contributed by atoms with van der Waals surface area (Å²) in [6, 6.07) is 0. The number of rotatable bonds is 14. The molecular formula is C25H36NNaO6. The normalized spacial score (nSPS) is 16.5. The van der Waals surface area contributed by atoms with E-state index in [0.29, 0.717) is 24.5 Å². The quantitative estimate of drug-likeness (QED) is 0.159. The molecule has 1 N–H and O–H groups in total. The molecule has 0 aromatic carbocycles. The number of aliphatic hydroxyl groups is 1. The third-order valence-corrected chi connectivity index (χ3v) is 5.38. The number of ether oxygens (including phenoxy) is 1. The summed E-state index contributed by atoms with van der Waals surface area (Å²) in [4.78, 5) is 35.3. The standard InChI is InChI=1S/C25H37NO6.Na/c1-18(10-6-12-20(3)16-22(27)25(31)32-4)8-5-9-19(2)11-7-13-21-14-15-26(24(21)30)17-23(28)29;/h5,8-9,12,14,18,22,27H,6-7,10-11,13,15-17H2,1-4H3,(H,28,29);/q;+1/p-1/b8-5+,19-9+,20-12-;/t18-,22?;/m1./s1. The Hall–Kier alpha value is -1.67. The molecule has 0 bridgehead atoms. The van der Waals surface area contributed by atoms with E-state index in [-0.39, 0.29) is 48.4 Å². The maximum absolute atomic E-state index is 12.1. The van der Waals surface area contributed by atoms with Crippen LogP contribution in [0.25, 0.3) is 0 Å². The van der Waals surface area contributed by atoms with E-state index in [2.05, 4.69) is 36.8 Å². The van der Waals surface area contributed by atoms with Crippen LogP contribution in [-0.2, 0) is 19.1 Å². The average Bonchev–Trinajstić information content (AvgIpc) is 3.06. The van der Waals surface area contributed by atoms with Gasteiger partial charge < -0.3 is 24.6 Å². The summed E-state index contributed by atoms with van der Waals surface area (Å²) in [5, 5.41) is 20.3. The molecule has 1 aliphatic heterocycles. The number of hydrogen-bond acceptors (Lipinski definition) is 6. The molecule has 0 aliphatic carbocycles. The van der Waals surface area contributed by atoms with Crippen molar-refractivity contribution in [1.82, 2.24) is 4.90 Å². The molecule has 0 fully saturated rings.